The lowest BCUT2D eigenvalue weighted by molar-refractivity contribution is -0.117. The third kappa shape index (κ3) is 3.70. The molecule has 0 radical (unpaired) electrons. The van der Waals surface area contributed by atoms with E-state index in [0.717, 1.165) is 19.5 Å². The lowest BCUT2D eigenvalue weighted by Crippen LogP contribution is -2.32. The van der Waals surface area contributed by atoms with Crippen molar-refractivity contribution in [1.29, 1.82) is 5.26 Å². The van der Waals surface area contributed by atoms with E-state index in [-0.39, 0.29) is 25.0 Å². The molecule has 1 amide bonds. The van der Waals surface area contributed by atoms with Crippen LogP contribution >= 0.6 is 11.6 Å². The van der Waals surface area contributed by atoms with Crippen LogP contribution in [-0.4, -0.2) is 42.2 Å². The Morgan fingerprint density at radius 1 is 1.60 bits per heavy atom. The van der Waals surface area contributed by atoms with E-state index in [0.29, 0.717) is 16.3 Å². The summed E-state index contributed by atoms with van der Waals surface area (Å²) in [5, 5.41) is 21.2. The van der Waals surface area contributed by atoms with Gasteiger partial charge in [0.15, 0.2) is 0 Å². The van der Waals surface area contributed by atoms with Crippen molar-refractivity contribution in [3.63, 3.8) is 0 Å². The van der Waals surface area contributed by atoms with Crippen LogP contribution in [0.1, 0.15) is 12.0 Å². The predicted molar refractivity (Wildman–Crippen MR) is 76.4 cm³/mol. The average molecular weight is 294 g/mol. The fraction of sp³-hybridized carbons (Fsp3) is 0.429. The number of nitrogens with one attached hydrogen (secondary N) is 1. The van der Waals surface area contributed by atoms with Gasteiger partial charge in [0.25, 0.3) is 0 Å². The highest BCUT2D eigenvalue weighted by molar-refractivity contribution is 6.31. The lowest BCUT2D eigenvalue weighted by atomic mass is 10.1. The van der Waals surface area contributed by atoms with Crippen LogP contribution in [0.25, 0.3) is 0 Å². The summed E-state index contributed by atoms with van der Waals surface area (Å²) in [5.41, 5.74) is 0.820. The molecule has 20 heavy (non-hydrogen) atoms. The first-order valence-electron chi connectivity index (χ1n) is 6.45. The number of carbonyl (C=O) groups is 1. The Kier molecular flexibility index (Phi) is 4.96. The summed E-state index contributed by atoms with van der Waals surface area (Å²) in [6.07, 6.45) is 0.907. The zero-order valence-corrected chi connectivity index (χ0v) is 11.7. The normalized spacial score (nSPS) is 18.8. The number of nitrogens with zero attached hydrogens (tertiary/aromatic N) is 2. The van der Waals surface area contributed by atoms with Crippen molar-refractivity contribution in [3.05, 3.63) is 28.8 Å². The minimum Gasteiger partial charge on any atom is -0.396 e. The summed E-state index contributed by atoms with van der Waals surface area (Å²) in [6, 6.07) is 6.78. The van der Waals surface area contributed by atoms with Crippen LogP contribution in [0.2, 0.25) is 5.02 Å². The maximum absolute atomic E-state index is 12.0. The Hall–Kier alpha value is -1.61. The Morgan fingerprint density at radius 2 is 2.40 bits per heavy atom. The number of hydrogen-bond donors (Lipinski definition) is 2. The Balaban J connectivity index is 1.95. The second kappa shape index (κ2) is 6.71. The molecule has 106 valence electrons. The van der Waals surface area contributed by atoms with Gasteiger partial charge in [0, 0.05) is 18.2 Å². The third-order valence-electron chi connectivity index (χ3n) is 3.37. The Bertz CT molecular complexity index is 542. The summed E-state index contributed by atoms with van der Waals surface area (Å²) in [6.45, 7) is 1.95. The predicted octanol–water partition coefficient (Wildman–Crippen LogP) is 1.46. The maximum Gasteiger partial charge on any atom is 0.238 e. The molecule has 5 nitrogen and oxygen atoms in total. The van der Waals surface area contributed by atoms with Crippen LogP contribution in [0.5, 0.6) is 0 Å². The second-order valence-corrected chi connectivity index (χ2v) is 5.36. The van der Waals surface area contributed by atoms with E-state index >= 15 is 0 Å². The first-order chi connectivity index (χ1) is 9.62. The van der Waals surface area contributed by atoms with Gasteiger partial charge in [0.05, 0.1) is 17.8 Å². The smallest absolute Gasteiger partial charge is 0.238 e. The second-order valence-electron chi connectivity index (χ2n) is 4.92. The van der Waals surface area contributed by atoms with Crippen LogP contribution in [0.3, 0.4) is 0 Å². The third-order valence-corrected chi connectivity index (χ3v) is 3.61. The molecule has 1 aliphatic rings. The maximum atomic E-state index is 12.0. The van der Waals surface area contributed by atoms with Gasteiger partial charge < -0.3 is 10.4 Å². The highest BCUT2D eigenvalue weighted by atomic mass is 35.5. The number of rotatable bonds is 4. The molecule has 0 saturated carbocycles. The van der Waals surface area contributed by atoms with Gasteiger partial charge in [-0.1, -0.05) is 11.6 Å². The number of nitriles is 1. The number of carbonyl (C=O) groups excluding carboxylic acids is 1. The van der Waals surface area contributed by atoms with Gasteiger partial charge >= 0.3 is 0 Å². The molecule has 1 heterocycles. The van der Waals surface area contributed by atoms with E-state index in [1.54, 1.807) is 18.2 Å². The summed E-state index contributed by atoms with van der Waals surface area (Å²) >= 11 is 5.87. The monoisotopic (exact) mass is 293 g/mol. The minimum atomic E-state index is -0.178. The number of benzene rings is 1. The van der Waals surface area contributed by atoms with Gasteiger partial charge in [-0.25, -0.2) is 0 Å². The van der Waals surface area contributed by atoms with Gasteiger partial charge in [-0.3, -0.25) is 9.69 Å². The molecule has 6 heteroatoms. The van der Waals surface area contributed by atoms with Crippen LogP contribution in [0.4, 0.5) is 5.69 Å². The first kappa shape index (κ1) is 14.8. The topological polar surface area (TPSA) is 76.4 Å². The number of aliphatic hydroxyl groups is 1. The quantitative estimate of drug-likeness (QED) is 0.881. The van der Waals surface area contributed by atoms with Crippen molar-refractivity contribution < 1.29 is 9.90 Å². The molecule has 1 aromatic rings. The highest BCUT2D eigenvalue weighted by Gasteiger charge is 2.23. The summed E-state index contributed by atoms with van der Waals surface area (Å²) < 4.78 is 0. The first-order valence-corrected chi connectivity index (χ1v) is 6.83. The van der Waals surface area contributed by atoms with Crippen LogP contribution < -0.4 is 5.32 Å². The van der Waals surface area contributed by atoms with Gasteiger partial charge in [0.1, 0.15) is 6.07 Å². The molecule has 0 spiro atoms. The zero-order valence-electron chi connectivity index (χ0n) is 11.0. The van der Waals surface area contributed by atoms with Crippen molar-refractivity contribution >= 4 is 23.2 Å². The zero-order chi connectivity index (χ0) is 14.5. The van der Waals surface area contributed by atoms with Crippen molar-refractivity contribution in [3.8, 4) is 6.07 Å². The highest BCUT2D eigenvalue weighted by Crippen LogP contribution is 2.21. The Morgan fingerprint density at radius 3 is 3.05 bits per heavy atom. The summed E-state index contributed by atoms with van der Waals surface area (Å²) in [5.74, 6) is 0.0750. The standard InChI is InChI=1S/C14H16ClN3O2/c15-12-2-1-11(6-16)13(5-12)17-14(20)8-18-4-3-10(7-18)9-19/h1-2,5,10,19H,3-4,7-9H2,(H,17,20). The molecule has 2 rings (SSSR count). The number of amides is 1. The fourth-order valence-electron chi connectivity index (χ4n) is 2.32. The van der Waals surface area contributed by atoms with E-state index in [4.69, 9.17) is 22.0 Å². The summed E-state index contributed by atoms with van der Waals surface area (Å²) in [7, 11) is 0. The van der Waals surface area contributed by atoms with Crippen LogP contribution in [0.15, 0.2) is 18.2 Å². The number of likely N-dealkylation sites (tertiary alicyclic amines) is 1. The molecule has 1 atom stereocenters. The minimum absolute atomic E-state index is 0.158. The molecule has 0 bridgehead atoms. The van der Waals surface area contributed by atoms with E-state index in [2.05, 4.69) is 5.32 Å². The van der Waals surface area contributed by atoms with Gasteiger partial charge in [-0.15, -0.1) is 0 Å². The van der Waals surface area contributed by atoms with E-state index in [1.165, 1.54) is 0 Å². The molecule has 1 unspecified atom stereocenters. The van der Waals surface area contributed by atoms with Crippen molar-refractivity contribution in [2.75, 3.05) is 31.6 Å². The number of hydrogen-bond acceptors (Lipinski definition) is 4. The average Bonchev–Trinajstić information content (AvgIpc) is 2.86. The van der Waals surface area contributed by atoms with Crippen LogP contribution in [-0.2, 0) is 4.79 Å². The van der Waals surface area contributed by atoms with E-state index in [1.807, 2.05) is 11.0 Å². The van der Waals surface area contributed by atoms with Crippen molar-refractivity contribution in [2.24, 2.45) is 5.92 Å². The molecule has 1 saturated heterocycles. The van der Waals surface area contributed by atoms with Gasteiger partial charge in [0.2, 0.25) is 5.91 Å². The van der Waals surface area contributed by atoms with Gasteiger partial charge in [-0.05, 0) is 37.1 Å². The summed E-state index contributed by atoms with van der Waals surface area (Å²) in [4.78, 5) is 14.0. The largest absolute Gasteiger partial charge is 0.396 e. The molecule has 1 aromatic carbocycles. The molecule has 0 aromatic heterocycles. The molecule has 0 aliphatic carbocycles. The number of aliphatic hydroxyl groups excluding tert-OH is 1. The van der Waals surface area contributed by atoms with Gasteiger partial charge in [-0.2, -0.15) is 5.26 Å². The number of anilines is 1. The van der Waals surface area contributed by atoms with Crippen molar-refractivity contribution in [2.45, 2.75) is 6.42 Å². The van der Waals surface area contributed by atoms with Crippen LogP contribution in [0, 0.1) is 17.2 Å². The van der Waals surface area contributed by atoms with Crippen molar-refractivity contribution in [1.82, 2.24) is 4.90 Å². The number of halogens is 1. The fourth-order valence-corrected chi connectivity index (χ4v) is 2.49. The molecular weight excluding hydrogens is 278 g/mol. The molecule has 2 N–H and O–H groups in total. The molecular formula is C14H16ClN3O2. The molecule has 1 aliphatic heterocycles. The molecule has 1 fully saturated rings. The Labute approximate surface area is 122 Å². The SMILES string of the molecule is N#Cc1ccc(Cl)cc1NC(=O)CN1CCC(CO)C1. The van der Waals surface area contributed by atoms with E-state index < -0.39 is 0 Å². The lowest BCUT2D eigenvalue weighted by Gasteiger charge is -2.15. The van der Waals surface area contributed by atoms with E-state index in [9.17, 15) is 4.79 Å².